The van der Waals surface area contributed by atoms with Gasteiger partial charge >= 0.3 is 12.4 Å². The van der Waals surface area contributed by atoms with E-state index in [9.17, 15) is 40.1 Å². The highest BCUT2D eigenvalue weighted by Crippen LogP contribution is 2.36. The maximum absolute atomic E-state index is 13.3. The molecule has 2 unspecified atom stereocenters. The van der Waals surface area contributed by atoms with Crippen LogP contribution >= 0.6 is 0 Å². The van der Waals surface area contributed by atoms with Crippen LogP contribution in [-0.4, -0.2) is 95.4 Å². The average molecular weight is 601 g/mol. The molecule has 0 radical (unpaired) electrons. The van der Waals surface area contributed by atoms with E-state index in [1.165, 1.54) is 0 Å². The van der Waals surface area contributed by atoms with Crippen molar-refractivity contribution in [1.82, 2.24) is 26.1 Å². The molecule has 0 aliphatic carbocycles. The zero-order valence-corrected chi connectivity index (χ0v) is 22.3. The number of aromatic nitrogens is 1. The van der Waals surface area contributed by atoms with Gasteiger partial charge in [-0.25, -0.2) is 10.4 Å². The lowest BCUT2D eigenvalue weighted by Gasteiger charge is -2.41. The second-order valence-electron chi connectivity index (χ2n) is 9.96. The Morgan fingerprint density at radius 3 is 2.73 bits per heavy atom. The molecule has 3 aliphatic rings. The molecule has 1 aromatic rings. The largest absolute Gasteiger partial charge is 0.417 e. The van der Waals surface area contributed by atoms with Crippen molar-refractivity contribution in [3.63, 3.8) is 0 Å². The minimum Gasteiger partial charge on any atom is -0.379 e. The summed E-state index contributed by atoms with van der Waals surface area (Å²) in [4.78, 5) is 31.9. The molecule has 4 heterocycles. The number of carbonyl (C=O) groups excluding carboxylic acids is 2. The summed E-state index contributed by atoms with van der Waals surface area (Å²) in [5, 5.41) is 2.76. The highest BCUT2D eigenvalue weighted by molar-refractivity contribution is 7.85. The van der Waals surface area contributed by atoms with Gasteiger partial charge in [0.25, 0.3) is 0 Å². The SMILES string of the molecule is C[C@@H](COCCC(=O)N1CCN2c3ncc(C(F)(F)F)cc3[S@@](=O)CC[C@H]2C1)NC1CNNC(=O)C1C(F)(F)F. The van der Waals surface area contributed by atoms with E-state index in [-0.39, 0.29) is 67.7 Å². The summed E-state index contributed by atoms with van der Waals surface area (Å²) >= 11 is 0. The van der Waals surface area contributed by atoms with Crippen molar-refractivity contribution in [3.05, 3.63) is 17.8 Å². The van der Waals surface area contributed by atoms with E-state index in [0.29, 0.717) is 13.0 Å². The van der Waals surface area contributed by atoms with Crippen molar-refractivity contribution >= 4 is 28.4 Å². The number of halogens is 6. The van der Waals surface area contributed by atoms with Crippen molar-refractivity contribution in [2.45, 2.75) is 55.1 Å². The zero-order valence-electron chi connectivity index (χ0n) is 21.5. The number of alkyl halides is 6. The predicted molar refractivity (Wildman–Crippen MR) is 130 cm³/mol. The summed E-state index contributed by atoms with van der Waals surface area (Å²) in [6.07, 6.45) is -8.16. The maximum atomic E-state index is 13.3. The van der Waals surface area contributed by atoms with Gasteiger partial charge in [0.2, 0.25) is 11.8 Å². The van der Waals surface area contributed by atoms with Gasteiger partial charge in [0.15, 0.2) is 5.92 Å². The number of ether oxygens (including phenoxy) is 1. The van der Waals surface area contributed by atoms with Crippen LogP contribution in [0.4, 0.5) is 32.2 Å². The van der Waals surface area contributed by atoms with Crippen molar-refractivity contribution in [2.75, 3.05) is 50.0 Å². The molecule has 2 saturated heterocycles. The van der Waals surface area contributed by atoms with Crippen molar-refractivity contribution < 1.29 is 44.9 Å². The van der Waals surface area contributed by atoms with Gasteiger partial charge in [0.1, 0.15) is 5.82 Å². The van der Waals surface area contributed by atoms with Gasteiger partial charge in [-0.1, -0.05) is 0 Å². The maximum Gasteiger partial charge on any atom is 0.417 e. The lowest BCUT2D eigenvalue weighted by Crippen LogP contribution is -2.64. The lowest BCUT2D eigenvalue weighted by atomic mass is 9.96. The molecule has 40 heavy (non-hydrogen) atoms. The van der Waals surface area contributed by atoms with Crippen LogP contribution in [0.3, 0.4) is 0 Å². The summed E-state index contributed by atoms with van der Waals surface area (Å²) in [5.41, 5.74) is 3.46. The van der Waals surface area contributed by atoms with Crippen LogP contribution in [0.2, 0.25) is 0 Å². The normalized spacial score (nSPS) is 26.4. The summed E-state index contributed by atoms with van der Waals surface area (Å²) in [6, 6.07) is -1.09. The standard InChI is InChI=1S/C23H30F6N6O4S/c1-13(32-16-10-31-33-21(37)19(16)23(27,28)29)12-39-6-2-18(36)34-4-5-35-15(11-34)3-7-40(38)17-8-14(22(24,25)26)9-30-20(17)35/h8-9,13,15-16,19,31-32H,2-7,10-12H2,1H3,(H,33,37)/t13-,15-,16?,19?,40-/m0/s1. The van der Waals surface area contributed by atoms with Gasteiger partial charge in [-0.05, 0) is 19.4 Å². The number of hydrogen-bond donors (Lipinski definition) is 3. The molecule has 3 N–H and O–H groups in total. The fourth-order valence-corrected chi connectivity index (χ4v) is 6.42. The Kier molecular flexibility index (Phi) is 9.26. The van der Waals surface area contributed by atoms with Crippen molar-refractivity contribution in [3.8, 4) is 0 Å². The van der Waals surface area contributed by atoms with E-state index < -0.39 is 52.6 Å². The first kappa shape index (κ1) is 30.5. The number of hydrazine groups is 1. The molecule has 1 aromatic heterocycles. The Morgan fingerprint density at radius 2 is 2.02 bits per heavy atom. The number of nitrogens with zero attached hydrogens (tertiary/aromatic N) is 3. The second-order valence-corrected chi connectivity index (χ2v) is 11.5. The summed E-state index contributed by atoms with van der Waals surface area (Å²) < 4.78 is 97.4. The number of rotatable bonds is 7. The van der Waals surface area contributed by atoms with Crippen LogP contribution in [0, 0.1) is 5.92 Å². The molecule has 10 nitrogen and oxygen atoms in total. The van der Waals surface area contributed by atoms with Crippen LogP contribution in [0.25, 0.3) is 0 Å². The molecule has 224 valence electrons. The van der Waals surface area contributed by atoms with Gasteiger partial charge in [0.05, 0.1) is 40.9 Å². The van der Waals surface area contributed by atoms with Crippen molar-refractivity contribution in [2.24, 2.45) is 5.92 Å². The van der Waals surface area contributed by atoms with Crippen LogP contribution in [0.5, 0.6) is 0 Å². The van der Waals surface area contributed by atoms with Crippen molar-refractivity contribution in [1.29, 1.82) is 0 Å². The fraction of sp³-hybridized carbons (Fsp3) is 0.696. The number of carbonyl (C=O) groups is 2. The number of piperazine rings is 1. The van der Waals surface area contributed by atoms with Gasteiger partial charge in [-0.3, -0.25) is 19.2 Å². The van der Waals surface area contributed by atoms with E-state index in [4.69, 9.17) is 4.74 Å². The molecule has 2 fully saturated rings. The average Bonchev–Trinajstić information content (AvgIpc) is 3.01. The molecular formula is C23H30F6N6O4S. The van der Waals surface area contributed by atoms with E-state index in [1.807, 2.05) is 10.3 Å². The van der Waals surface area contributed by atoms with Crippen LogP contribution in [0.1, 0.15) is 25.3 Å². The Hall–Kier alpha value is -2.50. The number of hydrogen-bond acceptors (Lipinski definition) is 8. The summed E-state index contributed by atoms with van der Waals surface area (Å²) in [5.74, 6) is -3.20. The van der Waals surface area contributed by atoms with Gasteiger partial charge in [-0.2, -0.15) is 26.3 Å². The van der Waals surface area contributed by atoms with E-state index in [2.05, 4.69) is 15.7 Å². The van der Waals surface area contributed by atoms with Crippen LogP contribution in [0.15, 0.2) is 17.2 Å². The van der Waals surface area contributed by atoms with E-state index >= 15 is 0 Å². The van der Waals surface area contributed by atoms with E-state index in [1.54, 1.807) is 11.8 Å². The Labute approximate surface area is 228 Å². The Balaban J connectivity index is 1.26. The molecule has 3 aliphatic heterocycles. The quantitative estimate of drug-likeness (QED) is 0.316. The highest BCUT2D eigenvalue weighted by Gasteiger charge is 2.51. The number of anilines is 1. The first-order valence-electron chi connectivity index (χ1n) is 12.7. The predicted octanol–water partition coefficient (Wildman–Crippen LogP) is 1.20. The molecule has 0 bridgehead atoms. The molecule has 4 rings (SSSR count). The third kappa shape index (κ3) is 7.03. The fourth-order valence-electron chi connectivity index (χ4n) is 5.09. The number of amides is 2. The monoisotopic (exact) mass is 600 g/mol. The summed E-state index contributed by atoms with van der Waals surface area (Å²) in [7, 11) is -1.66. The smallest absolute Gasteiger partial charge is 0.379 e. The zero-order chi connectivity index (χ0) is 29.2. The molecule has 0 spiro atoms. The minimum atomic E-state index is -4.71. The number of nitrogens with one attached hydrogen (secondary N) is 3. The molecule has 0 aromatic carbocycles. The highest BCUT2D eigenvalue weighted by atomic mass is 32.2. The molecule has 17 heteroatoms. The Bertz CT molecular complexity index is 1120. The van der Waals surface area contributed by atoms with Crippen LogP contribution < -0.4 is 21.1 Å². The summed E-state index contributed by atoms with van der Waals surface area (Å²) in [6.45, 7) is 2.41. The van der Waals surface area contributed by atoms with E-state index in [0.717, 1.165) is 12.3 Å². The molecular weight excluding hydrogens is 570 g/mol. The number of pyridine rings is 1. The number of fused-ring (bicyclic) bond motifs is 3. The molecule has 2 amide bonds. The van der Waals surface area contributed by atoms with Gasteiger partial charge in [-0.15, -0.1) is 0 Å². The minimum absolute atomic E-state index is 0.0144. The van der Waals surface area contributed by atoms with Gasteiger partial charge in [0, 0.05) is 56.3 Å². The first-order chi connectivity index (χ1) is 18.8. The third-order valence-electron chi connectivity index (χ3n) is 7.05. The first-order valence-corrected chi connectivity index (χ1v) is 14.0. The molecule has 0 saturated carbocycles. The Morgan fingerprint density at radius 1 is 1.27 bits per heavy atom. The lowest BCUT2D eigenvalue weighted by molar-refractivity contribution is -0.193. The second kappa shape index (κ2) is 12.2. The topological polar surface area (TPSA) is 116 Å². The van der Waals surface area contributed by atoms with Crippen LogP contribution in [-0.2, 0) is 31.3 Å². The third-order valence-corrected chi connectivity index (χ3v) is 8.44. The molecule has 5 atom stereocenters. The van der Waals surface area contributed by atoms with Gasteiger partial charge < -0.3 is 19.9 Å².